The Balaban J connectivity index is 2.41. The average molecular weight is 184 g/mol. The highest BCUT2D eigenvalue weighted by atomic mass is 16.5. The summed E-state index contributed by atoms with van der Waals surface area (Å²) in [5, 5.41) is 9.29. The van der Waals surface area contributed by atoms with Crippen molar-refractivity contribution in [2.75, 3.05) is 6.61 Å². The van der Waals surface area contributed by atoms with Crippen molar-refractivity contribution in [3.05, 3.63) is 24.2 Å². The van der Waals surface area contributed by atoms with Gasteiger partial charge in [0.15, 0.2) is 6.10 Å². The molecule has 0 aliphatic rings. The molecule has 0 aliphatic heterocycles. The molecule has 0 saturated heterocycles. The Labute approximate surface area is 76.1 Å². The second-order valence-corrected chi connectivity index (χ2v) is 2.55. The quantitative estimate of drug-likeness (QED) is 0.701. The van der Waals surface area contributed by atoms with Crippen molar-refractivity contribution in [2.45, 2.75) is 19.4 Å². The number of carbonyl (C=O) groups excluding carboxylic acids is 1. The van der Waals surface area contributed by atoms with Crippen molar-refractivity contribution < 1.29 is 19.1 Å². The molecular formula is C9H12O4. The SMILES string of the molecule is CCOC(=O)[C@H](O)Cc1ccco1. The fraction of sp³-hybridized carbons (Fsp3) is 0.444. The fourth-order valence-electron chi connectivity index (χ4n) is 0.941. The number of ether oxygens (including phenoxy) is 1. The van der Waals surface area contributed by atoms with Crippen LogP contribution in [0.5, 0.6) is 0 Å². The van der Waals surface area contributed by atoms with Crippen molar-refractivity contribution >= 4 is 5.97 Å². The summed E-state index contributed by atoms with van der Waals surface area (Å²) in [4.78, 5) is 11.0. The minimum atomic E-state index is -1.13. The maximum atomic E-state index is 11.0. The van der Waals surface area contributed by atoms with Crippen LogP contribution < -0.4 is 0 Å². The highest BCUT2D eigenvalue weighted by Crippen LogP contribution is 2.04. The first-order valence-electron chi connectivity index (χ1n) is 4.11. The lowest BCUT2D eigenvalue weighted by Crippen LogP contribution is -2.25. The third-order valence-electron chi connectivity index (χ3n) is 1.53. The Kier molecular flexibility index (Phi) is 3.52. The molecule has 1 N–H and O–H groups in total. The summed E-state index contributed by atoms with van der Waals surface area (Å²) >= 11 is 0. The zero-order valence-corrected chi connectivity index (χ0v) is 7.40. The van der Waals surface area contributed by atoms with Gasteiger partial charge in [0.1, 0.15) is 5.76 Å². The van der Waals surface area contributed by atoms with Gasteiger partial charge in [0.2, 0.25) is 0 Å². The minimum absolute atomic E-state index is 0.159. The van der Waals surface area contributed by atoms with Crippen LogP contribution in [-0.4, -0.2) is 23.8 Å². The first-order chi connectivity index (χ1) is 6.24. The minimum Gasteiger partial charge on any atom is -0.469 e. The van der Waals surface area contributed by atoms with Crippen LogP contribution in [0.3, 0.4) is 0 Å². The molecule has 0 spiro atoms. The van der Waals surface area contributed by atoms with Gasteiger partial charge in [0.25, 0.3) is 0 Å². The summed E-state index contributed by atoms with van der Waals surface area (Å²) in [5.74, 6) is -0.0422. The van der Waals surface area contributed by atoms with E-state index in [2.05, 4.69) is 4.74 Å². The van der Waals surface area contributed by atoms with E-state index in [0.29, 0.717) is 5.76 Å². The normalized spacial score (nSPS) is 12.5. The third kappa shape index (κ3) is 2.91. The lowest BCUT2D eigenvalue weighted by molar-refractivity contribution is -0.153. The predicted octanol–water partition coefficient (Wildman–Crippen LogP) is 0.746. The van der Waals surface area contributed by atoms with E-state index in [9.17, 15) is 9.90 Å². The van der Waals surface area contributed by atoms with Crippen molar-refractivity contribution in [1.29, 1.82) is 0 Å². The van der Waals surface area contributed by atoms with Crippen LogP contribution >= 0.6 is 0 Å². The Morgan fingerprint density at radius 3 is 3.08 bits per heavy atom. The van der Waals surface area contributed by atoms with E-state index in [1.807, 2.05) is 0 Å². The predicted molar refractivity (Wildman–Crippen MR) is 45.1 cm³/mol. The molecule has 4 heteroatoms. The Morgan fingerprint density at radius 2 is 2.54 bits per heavy atom. The van der Waals surface area contributed by atoms with E-state index in [4.69, 9.17) is 4.42 Å². The molecule has 0 bridgehead atoms. The van der Waals surface area contributed by atoms with Gasteiger partial charge in [-0.25, -0.2) is 4.79 Å². The van der Waals surface area contributed by atoms with Crippen LogP contribution in [0.2, 0.25) is 0 Å². The highest BCUT2D eigenvalue weighted by molar-refractivity contribution is 5.74. The third-order valence-corrected chi connectivity index (χ3v) is 1.53. The van der Waals surface area contributed by atoms with Crippen molar-refractivity contribution in [3.8, 4) is 0 Å². The van der Waals surface area contributed by atoms with Gasteiger partial charge in [-0.2, -0.15) is 0 Å². The van der Waals surface area contributed by atoms with Crippen molar-refractivity contribution in [3.63, 3.8) is 0 Å². The summed E-state index contributed by atoms with van der Waals surface area (Å²) < 4.78 is 9.59. The van der Waals surface area contributed by atoms with Crippen molar-refractivity contribution in [1.82, 2.24) is 0 Å². The van der Waals surface area contributed by atoms with Crippen LogP contribution in [0.4, 0.5) is 0 Å². The zero-order chi connectivity index (χ0) is 9.68. The molecule has 72 valence electrons. The number of furan rings is 1. The molecule has 1 aromatic rings. The molecular weight excluding hydrogens is 172 g/mol. The van der Waals surface area contributed by atoms with E-state index in [-0.39, 0.29) is 13.0 Å². The molecule has 13 heavy (non-hydrogen) atoms. The zero-order valence-electron chi connectivity index (χ0n) is 7.40. The smallest absolute Gasteiger partial charge is 0.335 e. The maximum absolute atomic E-state index is 11.0. The van der Waals surface area contributed by atoms with Gasteiger partial charge < -0.3 is 14.3 Å². The average Bonchev–Trinajstić information content (AvgIpc) is 2.57. The Morgan fingerprint density at radius 1 is 1.77 bits per heavy atom. The number of hydrogen-bond donors (Lipinski definition) is 1. The molecule has 0 fully saturated rings. The summed E-state index contributed by atoms with van der Waals surface area (Å²) in [6.07, 6.45) is 0.519. The van der Waals surface area contributed by atoms with E-state index in [1.54, 1.807) is 19.1 Å². The standard InChI is InChI=1S/C9H12O4/c1-2-12-9(11)8(10)6-7-4-3-5-13-7/h3-5,8,10H,2,6H2,1H3/t8-/m1/s1. The van der Waals surface area contributed by atoms with Gasteiger partial charge in [0, 0.05) is 6.42 Å². The number of rotatable bonds is 4. The molecule has 4 nitrogen and oxygen atoms in total. The van der Waals surface area contributed by atoms with E-state index in [1.165, 1.54) is 6.26 Å². The van der Waals surface area contributed by atoms with Gasteiger partial charge in [0.05, 0.1) is 12.9 Å². The maximum Gasteiger partial charge on any atom is 0.335 e. The number of aliphatic hydroxyl groups excluding tert-OH is 1. The van der Waals surface area contributed by atoms with E-state index in [0.717, 1.165) is 0 Å². The van der Waals surface area contributed by atoms with Crippen molar-refractivity contribution in [2.24, 2.45) is 0 Å². The van der Waals surface area contributed by atoms with Crippen LogP contribution in [0.1, 0.15) is 12.7 Å². The molecule has 0 aromatic carbocycles. The van der Waals surface area contributed by atoms with Gasteiger partial charge in [-0.3, -0.25) is 0 Å². The lowest BCUT2D eigenvalue weighted by Gasteiger charge is -2.06. The van der Waals surface area contributed by atoms with Gasteiger partial charge in [-0.15, -0.1) is 0 Å². The van der Waals surface area contributed by atoms with Crippen LogP contribution in [0, 0.1) is 0 Å². The first kappa shape index (κ1) is 9.80. The molecule has 1 aromatic heterocycles. The topological polar surface area (TPSA) is 59.7 Å². The van der Waals surface area contributed by atoms with Crippen LogP contribution in [-0.2, 0) is 16.0 Å². The van der Waals surface area contributed by atoms with E-state index >= 15 is 0 Å². The molecule has 0 aliphatic carbocycles. The van der Waals surface area contributed by atoms with Gasteiger partial charge in [-0.1, -0.05) is 0 Å². The molecule has 0 unspecified atom stereocenters. The first-order valence-corrected chi connectivity index (χ1v) is 4.11. The number of hydrogen-bond acceptors (Lipinski definition) is 4. The van der Waals surface area contributed by atoms with Crippen LogP contribution in [0.15, 0.2) is 22.8 Å². The summed E-state index contributed by atoms with van der Waals surface area (Å²) in [7, 11) is 0. The Hall–Kier alpha value is -1.29. The Bertz CT molecular complexity index is 253. The van der Waals surface area contributed by atoms with Crippen LogP contribution in [0.25, 0.3) is 0 Å². The fourth-order valence-corrected chi connectivity index (χ4v) is 0.941. The second kappa shape index (κ2) is 4.67. The second-order valence-electron chi connectivity index (χ2n) is 2.55. The lowest BCUT2D eigenvalue weighted by atomic mass is 10.2. The molecule has 0 saturated carbocycles. The molecule has 1 heterocycles. The molecule has 0 amide bonds. The van der Waals surface area contributed by atoms with Gasteiger partial charge >= 0.3 is 5.97 Å². The number of aliphatic hydroxyl groups is 1. The molecule has 1 rings (SSSR count). The summed E-state index contributed by atoms with van der Waals surface area (Å²) in [5.41, 5.74) is 0. The largest absolute Gasteiger partial charge is 0.469 e. The number of carbonyl (C=O) groups is 1. The highest BCUT2D eigenvalue weighted by Gasteiger charge is 2.17. The molecule has 0 radical (unpaired) electrons. The monoisotopic (exact) mass is 184 g/mol. The van der Waals surface area contributed by atoms with Gasteiger partial charge in [-0.05, 0) is 19.1 Å². The summed E-state index contributed by atoms with van der Waals surface area (Å²) in [6.45, 7) is 1.96. The molecule has 1 atom stereocenters. The van der Waals surface area contributed by atoms with E-state index < -0.39 is 12.1 Å². The number of esters is 1. The summed E-state index contributed by atoms with van der Waals surface area (Å²) in [6, 6.07) is 3.40.